The van der Waals surface area contributed by atoms with Crippen molar-refractivity contribution in [2.75, 3.05) is 0 Å². The minimum atomic E-state index is 0.230. The first kappa shape index (κ1) is 14.8. The average Bonchev–Trinajstić information content (AvgIpc) is 2.29. The summed E-state index contributed by atoms with van der Waals surface area (Å²) in [6, 6.07) is 6.34. The third-order valence-corrected chi connectivity index (χ3v) is 3.53. The van der Waals surface area contributed by atoms with Crippen molar-refractivity contribution in [3.63, 3.8) is 0 Å². The second-order valence-corrected chi connectivity index (χ2v) is 5.44. The Morgan fingerprint density at radius 2 is 1.94 bits per heavy atom. The second kappa shape index (κ2) is 7.25. The van der Waals surface area contributed by atoms with Crippen LogP contribution in [0.1, 0.15) is 51.6 Å². The molecule has 0 radical (unpaired) electrons. The molecule has 0 amide bonds. The lowest BCUT2D eigenvalue weighted by molar-refractivity contribution is 0.444. The predicted octanol–water partition coefficient (Wildman–Crippen LogP) is 5.22. The topological polar surface area (TPSA) is 12.0 Å². The SMILES string of the molecule is CCCCC(C)NC(C)c1cc(Cl)ccc1Cl. The summed E-state index contributed by atoms with van der Waals surface area (Å²) in [7, 11) is 0. The molecule has 17 heavy (non-hydrogen) atoms. The molecule has 1 aromatic carbocycles. The molecule has 2 atom stereocenters. The smallest absolute Gasteiger partial charge is 0.0454 e. The number of hydrogen-bond acceptors (Lipinski definition) is 1. The monoisotopic (exact) mass is 273 g/mol. The van der Waals surface area contributed by atoms with Crippen molar-refractivity contribution in [1.82, 2.24) is 5.32 Å². The summed E-state index contributed by atoms with van der Waals surface area (Å²) in [5.74, 6) is 0. The molecule has 0 aliphatic rings. The van der Waals surface area contributed by atoms with E-state index in [4.69, 9.17) is 23.2 Å². The van der Waals surface area contributed by atoms with Crippen LogP contribution < -0.4 is 5.32 Å². The van der Waals surface area contributed by atoms with Crippen molar-refractivity contribution < 1.29 is 0 Å². The molecule has 0 saturated carbocycles. The Balaban J connectivity index is 2.62. The van der Waals surface area contributed by atoms with Gasteiger partial charge in [0.15, 0.2) is 0 Å². The number of hydrogen-bond donors (Lipinski definition) is 1. The van der Waals surface area contributed by atoms with Gasteiger partial charge in [0, 0.05) is 22.1 Å². The maximum atomic E-state index is 6.18. The zero-order chi connectivity index (χ0) is 12.8. The summed E-state index contributed by atoms with van der Waals surface area (Å²) in [6.45, 7) is 6.55. The molecular formula is C14H21Cl2N. The van der Waals surface area contributed by atoms with Crippen molar-refractivity contribution in [1.29, 1.82) is 0 Å². The van der Waals surface area contributed by atoms with Crippen molar-refractivity contribution in [3.8, 4) is 0 Å². The van der Waals surface area contributed by atoms with Gasteiger partial charge in [0.1, 0.15) is 0 Å². The van der Waals surface area contributed by atoms with Crippen LogP contribution in [0.25, 0.3) is 0 Å². The minimum Gasteiger partial charge on any atom is -0.308 e. The van der Waals surface area contributed by atoms with E-state index in [-0.39, 0.29) is 6.04 Å². The quantitative estimate of drug-likeness (QED) is 0.749. The molecule has 1 N–H and O–H groups in total. The first-order chi connectivity index (χ1) is 8.04. The first-order valence-electron chi connectivity index (χ1n) is 6.25. The first-order valence-corrected chi connectivity index (χ1v) is 7.01. The van der Waals surface area contributed by atoms with Gasteiger partial charge in [0.05, 0.1) is 0 Å². The molecule has 1 nitrogen and oxygen atoms in total. The zero-order valence-corrected chi connectivity index (χ0v) is 12.3. The van der Waals surface area contributed by atoms with Crippen molar-refractivity contribution >= 4 is 23.2 Å². The second-order valence-electron chi connectivity index (χ2n) is 4.60. The van der Waals surface area contributed by atoms with Gasteiger partial charge < -0.3 is 5.32 Å². The largest absolute Gasteiger partial charge is 0.308 e. The van der Waals surface area contributed by atoms with Crippen LogP contribution in [-0.2, 0) is 0 Å². The molecule has 0 aliphatic heterocycles. The number of halogens is 2. The number of unbranched alkanes of at least 4 members (excludes halogenated alkanes) is 1. The van der Waals surface area contributed by atoms with Crippen LogP contribution in [0.15, 0.2) is 18.2 Å². The molecule has 0 aromatic heterocycles. The Morgan fingerprint density at radius 1 is 1.24 bits per heavy atom. The molecule has 0 aliphatic carbocycles. The average molecular weight is 274 g/mol. The molecule has 0 fully saturated rings. The molecule has 2 unspecified atom stereocenters. The maximum Gasteiger partial charge on any atom is 0.0454 e. The normalized spacial score (nSPS) is 14.6. The van der Waals surface area contributed by atoms with Gasteiger partial charge >= 0.3 is 0 Å². The number of benzene rings is 1. The van der Waals surface area contributed by atoms with E-state index in [2.05, 4.69) is 26.1 Å². The van der Waals surface area contributed by atoms with E-state index in [1.165, 1.54) is 19.3 Å². The van der Waals surface area contributed by atoms with Gasteiger partial charge in [-0.1, -0.05) is 43.0 Å². The highest BCUT2D eigenvalue weighted by atomic mass is 35.5. The molecular weight excluding hydrogens is 253 g/mol. The van der Waals surface area contributed by atoms with E-state index in [0.717, 1.165) is 15.6 Å². The highest BCUT2D eigenvalue weighted by molar-refractivity contribution is 6.33. The molecule has 3 heteroatoms. The summed E-state index contributed by atoms with van der Waals surface area (Å²) < 4.78 is 0. The van der Waals surface area contributed by atoms with Crippen LogP contribution >= 0.6 is 23.2 Å². The fourth-order valence-electron chi connectivity index (χ4n) is 1.96. The van der Waals surface area contributed by atoms with E-state index >= 15 is 0 Å². The fourth-order valence-corrected chi connectivity index (χ4v) is 2.42. The van der Waals surface area contributed by atoms with Gasteiger partial charge in [0.2, 0.25) is 0 Å². The summed E-state index contributed by atoms with van der Waals surface area (Å²) in [4.78, 5) is 0. The molecule has 0 spiro atoms. The van der Waals surface area contributed by atoms with E-state index in [0.29, 0.717) is 6.04 Å². The molecule has 0 saturated heterocycles. The zero-order valence-electron chi connectivity index (χ0n) is 10.8. The maximum absolute atomic E-state index is 6.18. The van der Waals surface area contributed by atoms with Crippen molar-refractivity contribution in [3.05, 3.63) is 33.8 Å². The van der Waals surface area contributed by atoms with Crippen LogP contribution in [0.2, 0.25) is 10.0 Å². The van der Waals surface area contributed by atoms with E-state index < -0.39 is 0 Å². The summed E-state index contributed by atoms with van der Waals surface area (Å²) in [5.41, 5.74) is 1.07. The molecule has 0 bridgehead atoms. The Labute approximate surface area is 115 Å². The summed E-state index contributed by atoms with van der Waals surface area (Å²) in [6.07, 6.45) is 3.68. The fraction of sp³-hybridized carbons (Fsp3) is 0.571. The highest BCUT2D eigenvalue weighted by Crippen LogP contribution is 2.26. The Morgan fingerprint density at radius 3 is 2.59 bits per heavy atom. The van der Waals surface area contributed by atoms with E-state index in [9.17, 15) is 0 Å². The van der Waals surface area contributed by atoms with Crippen molar-refractivity contribution in [2.24, 2.45) is 0 Å². The van der Waals surface area contributed by atoms with Gasteiger partial charge in [-0.3, -0.25) is 0 Å². The lowest BCUT2D eigenvalue weighted by atomic mass is 10.1. The van der Waals surface area contributed by atoms with Crippen molar-refractivity contribution in [2.45, 2.75) is 52.1 Å². The minimum absolute atomic E-state index is 0.230. The molecule has 0 heterocycles. The predicted molar refractivity (Wildman–Crippen MR) is 77.0 cm³/mol. The van der Waals surface area contributed by atoms with E-state index in [1.54, 1.807) is 0 Å². The van der Waals surface area contributed by atoms with Crippen LogP contribution in [0, 0.1) is 0 Å². The van der Waals surface area contributed by atoms with Gasteiger partial charge in [0.25, 0.3) is 0 Å². The van der Waals surface area contributed by atoms with Gasteiger partial charge in [-0.25, -0.2) is 0 Å². The summed E-state index contributed by atoms with van der Waals surface area (Å²) in [5, 5.41) is 5.07. The van der Waals surface area contributed by atoms with Gasteiger partial charge in [-0.15, -0.1) is 0 Å². The van der Waals surface area contributed by atoms with Crippen LogP contribution in [-0.4, -0.2) is 6.04 Å². The van der Waals surface area contributed by atoms with Crippen LogP contribution in [0.3, 0.4) is 0 Å². The standard InChI is InChI=1S/C14H21Cl2N/c1-4-5-6-10(2)17-11(3)13-9-12(15)7-8-14(13)16/h7-11,17H,4-6H2,1-3H3. The third-order valence-electron chi connectivity index (χ3n) is 2.95. The highest BCUT2D eigenvalue weighted by Gasteiger charge is 2.12. The number of nitrogens with one attached hydrogen (secondary N) is 1. The Kier molecular flexibility index (Phi) is 6.32. The van der Waals surface area contributed by atoms with Crippen LogP contribution in [0.5, 0.6) is 0 Å². The summed E-state index contributed by atoms with van der Waals surface area (Å²) >= 11 is 12.2. The molecule has 1 rings (SSSR count). The molecule has 1 aromatic rings. The Hall–Kier alpha value is -0.240. The van der Waals surface area contributed by atoms with Crippen LogP contribution in [0.4, 0.5) is 0 Å². The third kappa shape index (κ3) is 4.87. The number of rotatable bonds is 6. The van der Waals surface area contributed by atoms with Gasteiger partial charge in [-0.2, -0.15) is 0 Å². The van der Waals surface area contributed by atoms with Gasteiger partial charge in [-0.05, 0) is 44.0 Å². The lowest BCUT2D eigenvalue weighted by Crippen LogP contribution is -2.29. The lowest BCUT2D eigenvalue weighted by Gasteiger charge is -2.21. The molecule has 96 valence electrons. The Bertz CT molecular complexity index is 352. The van der Waals surface area contributed by atoms with E-state index in [1.807, 2.05) is 18.2 Å².